The Labute approximate surface area is 174 Å². The zero-order valence-electron chi connectivity index (χ0n) is 16.9. The van der Waals surface area contributed by atoms with E-state index in [9.17, 15) is 19.8 Å². The molecular weight excluding hydrogens is 390 g/mol. The van der Waals surface area contributed by atoms with Gasteiger partial charge in [-0.3, -0.25) is 14.2 Å². The standard InChI is InChI=1S/C23H24ClNO4/c1-13-20(18(22(28)29)12-23(2,3)4)17-11-16(26)9-10-19(17)25(13)21(27)14-5-7-15(24)8-6-14/h5-11,18,26H,12H2,1-4H3,(H,28,29)/t18-/m0/s1. The maximum Gasteiger partial charge on any atom is 0.311 e. The van der Waals surface area contributed by atoms with Crippen molar-refractivity contribution in [2.24, 2.45) is 5.41 Å². The van der Waals surface area contributed by atoms with Crippen molar-refractivity contribution in [2.75, 3.05) is 0 Å². The van der Waals surface area contributed by atoms with Crippen LogP contribution in [0, 0.1) is 12.3 Å². The van der Waals surface area contributed by atoms with Crippen molar-refractivity contribution in [3.63, 3.8) is 0 Å². The molecule has 152 valence electrons. The Morgan fingerprint density at radius 1 is 1.10 bits per heavy atom. The predicted molar refractivity (Wildman–Crippen MR) is 114 cm³/mol. The van der Waals surface area contributed by atoms with Gasteiger partial charge in [0.05, 0.1) is 11.4 Å². The lowest BCUT2D eigenvalue weighted by Gasteiger charge is -2.24. The van der Waals surface area contributed by atoms with E-state index >= 15 is 0 Å². The van der Waals surface area contributed by atoms with Gasteiger partial charge in [0.1, 0.15) is 5.75 Å². The molecule has 3 aromatic rings. The van der Waals surface area contributed by atoms with E-state index in [1.165, 1.54) is 16.7 Å². The number of phenolic OH excluding ortho intramolecular Hbond substituents is 1. The number of aliphatic carboxylic acids is 1. The van der Waals surface area contributed by atoms with Gasteiger partial charge < -0.3 is 10.2 Å². The molecule has 0 aliphatic carbocycles. The summed E-state index contributed by atoms with van der Waals surface area (Å²) in [5, 5.41) is 21.1. The number of hydrogen-bond acceptors (Lipinski definition) is 3. The molecule has 5 nitrogen and oxygen atoms in total. The number of carboxylic acid groups (broad SMARTS) is 1. The van der Waals surface area contributed by atoms with Gasteiger partial charge >= 0.3 is 5.97 Å². The first-order valence-corrected chi connectivity index (χ1v) is 9.74. The molecule has 29 heavy (non-hydrogen) atoms. The lowest BCUT2D eigenvalue weighted by Crippen LogP contribution is -2.20. The third-order valence-electron chi connectivity index (χ3n) is 4.99. The van der Waals surface area contributed by atoms with Crippen molar-refractivity contribution in [1.29, 1.82) is 0 Å². The van der Waals surface area contributed by atoms with E-state index < -0.39 is 11.9 Å². The SMILES string of the molecule is Cc1c([C@H](CC(C)(C)C)C(=O)O)c2cc(O)ccc2n1C(=O)c1ccc(Cl)cc1. The molecule has 0 aliphatic heterocycles. The first-order chi connectivity index (χ1) is 13.5. The molecule has 2 aromatic carbocycles. The van der Waals surface area contributed by atoms with Gasteiger partial charge in [-0.05, 0) is 66.8 Å². The molecule has 3 rings (SSSR count). The lowest BCUT2D eigenvalue weighted by atomic mass is 9.80. The van der Waals surface area contributed by atoms with Gasteiger partial charge in [-0.25, -0.2) is 0 Å². The van der Waals surface area contributed by atoms with Crippen LogP contribution in [0.25, 0.3) is 10.9 Å². The van der Waals surface area contributed by atoms with Gasteiger partial charge in [0.2, 0.25) is 0 Å². The molecule has 0 fully saturated rings. The van der Waals surface area contributed by atoms with Crippen LogP contribution in [0.1, 0.15) is 54.7 Å². The second-order valence-electron chi connectivity index (χ2n) is 8.50. The zero-order chi connectivity index (χ0) is 21.5. The molecule has 0 radical (unpaired) electrons. The van der Waals surface area contributed by atoms with Crippen LogP contribution in [0.4, 0.5) is 0 Å². The fraction of sp³-hybridized carbons (Fsp3) is 0.304. The first-order valence-electron chi connectivity index (χ1n) is 9.36. The average molecular weight is 414 g/mol. The van der Waals surface area contributed by atoms with Gasteiger partial charge in [0.25, 0.3) is 5.91 Å². The number of carboxylic acids is 1. The van der Waals surface area contributed by atoms with Crippen LogP contribution >= 0.6 is 11.6 Å². The molecular formula is C23H24ClNO4. The Hall–Kier alpha value is -2.79. The summed E-state index contributed by atoms with van der Waals surface area (Å²) in [6.45, 7) is 7.69. The number of carbonyl (C=O) groups is 2. The van der Waals surface area contributed by atoms with Crippen molar-refractivity contribution in [1.82, 2.24) is 4.57 Å². The third kappa shape index (κ3) is 4.15. The maximum absolute atomic E-state index is 13.3. The van der Waals surface area contributed by atoms with Crippen LogP contribution in [0.2, 0.25) is 5.02 Å². The number of rotatable bonds is 4. The molecule has 0 bridgehead atoms. The fourth-order valence-corrected chi connectivity index (χ4v) is 3.91. The van der Waals surface area contributed by atoms with Crippen LogP contribution in [-0.2, 0) is 4.79 Å². The van der Waals surface area contributed by atoms with Crippen molar-refractivity contribution < 1.29 is 19.8 Å². The van der Waals surface area contributed by atoms with Gasteiger partial charge in [0, 0.05) is 21.7 Å². The Balaban J connectivity index is 2.27. The number of benzene rings is 2. The van der Waals surface area contributed by atoms with Gasteiger partial charge in [-0.15, -0.1) is 0 Å². The molecule has 0 spiro atoms. The number of aromatic nitrogens is 1. The van der Waals surface area contributed by atoms with Crippen molar-refractivity contribution >= 4 is 34.4 Å². The van der Waals surface area contributed by atoms with E-state index in [1.807, 2.05) is 20.8 Å². The summed E-state index contributed by atoms with van der Waals surface area (Å²) in [5.74, 6) is -2.02. The minimum absolute atomic E-state index is 0.0229. The van der Waals surface area contributed by atoms with Crippen LogP contribution in [0.15, 0.2) is 42.5 Å². The van der Waals surface area contributed by atoms with E-state index in [0.717, 1.165) is 0 Å². The van der Waals surface area contributed by atoms with Gasteiger partial charge in [-0.2, -0.15) is 0 Å². The van der Waals surface area contributed by atoms with E-state index in [-0.39, 0.29) is 17.1 Å². The summed E-state index contributed by atoms with van der Waals surface area (Å²) in [6.07, 6.45) is 0.396. The maximum atomic E-state index is 13.3. The number of aromatic hydroxyl groups is 1. The minimum Gasteiger partial charge on any atom is -0.508 e. The summed E-state index contributed by atoms with van der Waals surface area (Å²) in [5.41, 5.74) is 1.89. The Morgan fingerprint density at radius 3 is 2.28 bits per heavy atom. The largest absolute Gasteiger partial charge is 0.508 e. The Kier molecular flexibility index (Phi) is 5.46. The molecule has 0 aliphatic rings. The van der Waals surface area contributed by atoms with E-state index in [4.69, 9.17) is 11.6 Å². The van der Waals surface area contributed by atoms with Crippen LogP contribution in [0.5, 0.6) is 5.75 Å². The van der Waals surface area contributed by atoms with Crippen LogP contribution in [-0.4, -0.2) is 26.7 Å². The van der Waals surface area contributed by atoms with Gasteiger partial charge in [0.15, 0.2) is 0 Å². The number of fused-ring (bicyclic) bond motifs is 1. The van der Waals surface area contributed by atoms with Crippen LogP contribution in [0.3, 0.4) is 0 Å². The molecule has 1 heterocycles. The normalized spacial score (nSPS) is 12.9. The summed E-state index contributed by atoms with van der Waals surface area (Å²) < 4.78 is 1.52. The quantitative estimate of drug-likeness (QED) is 0.583. The van der Waals surface area contributed by atoms with E-state index in [1.54, 1.807) is 37.3 Å². The van der Waals surface area contributed by atoms with Crippen molar-refractivity contribution in [3.05, 3.63) is 64.3 Å². The second kappa shape index (κ2) is 7.56. The number of phenols is 1. The first kappa shape index (κ1) is 20.9. The molecule has 6 heteroatoms. The number of carbonyl (C=O) groups excluding carboxylic acids is 1. The molecule has 0 unspecified atom stereocenters. The Morgan fingerprint density at radius 2 is 1.72 bits per heavy atom. The third-order valence-corrected chi connectivity index (χ3v) is 5.25. The molecule has 0 saturated carbocycles. The summed E-state index contributed by atoms with van der Waals surface area (Å²) >= 11 is 5.94. The fourth-order valence-electron chi connectivity index (χ4n) is 3.78. The lowest BCUT2D eigenvalue weighted by molar-refractivity contribution is -0.139. The van der Waals surface area contributed by atoms with Crippen molar-refractivity contribution in [3.8, 4) is 5.75 Å². The summed E-state index contributed by atoms with van der Waals surface area (Å²) in [6, 6.07) is 11.2. The predicted octanol–water partition coefficient (Wildman–Crippen LogP) is 5.60. The van der Waals surface area contributed by atoms with Gasteiger partial charge in [-0.1, -0.05) is 32.4 Å². The highest BCUT2D eigenvalue weighted by Crippen LogP contribution is 2.39. The smallest absolute Gasteiger partial charge is 0.311 e. The molecule has 0 amide bonds. The van der Waals surface area contributed by atoms with Crippen LogP contribution < -0.4 is 0 Å². The minimum atomic E-state index is -0.954. The van der Waals surface area contributed by atoms with Crippen molar-refractivity contribution in [2.45, 2.75) is 40.0 Å². The number of nitrogens with zero attached hydrogens (tertiary/aromatic N) is 1. The summed E-state index contributed by atoms with van der Waals surface area (Å²) in [7, 11) is 0. The highest BCUT2D eigenvalue weighted by atomic mass is 35.5. The number of halogens is 1. The molecule has 2 N–H and O–H groups in total. The van der Waals surface area contributed by atoms with E-state index in [0.29, 0.717) is 39.2 Å². The Bertz CT molecular complexity index is 1090. The second-order valence-corrected chi connectivity index (χ2v) is 8.94. The monoisotopic (exact) mass is 413 g/mol. The molecule has 0 saturated heterocycles. The zero-order valence-corrected chi connectivity index (χ0v) is 17.6. The molecule has 1 aromatic heterocycles. The number of hydrogen-bond donors (Lipinski definition) is 2. The van der Waals surface area contributed by atoms with E-state index in [2.05, 4.69) is 0 Å². The average Bonchev–Trinajstić information content (AvgIpc) is 2.90. The summed E-state index contributed by atoms with van der Waals surface area (Å²) in [4.78, 5) is 25.5. The highest BCUT2D eigenvalue weighted by Gasteiger charge is 2.32. The highest BCUT2D eigenvalue weighted by molar-refractivity contribution is 6.30. The topological polar surface area (TPSA) is 79.5 Å². The molecule has 1 atom stereocenters.